The van der Waals surface area contributed by atoms with Crippen LogP contribution in [-0.2, 0) is 9.47 Å². The van der Waals surface area contributed by atoms with Crippen molar-refractivity contribution in [1.29, 1.82) is 0 Å². The number of carbonyl (C=O) groups is 1. The van der Waals surface area contributed by atoms with Crippen LogP contribution in [-0.4, -0.2) is 72.3 Å². The molecule has 1 aromatic heterocycles. The number of fused-ring (bicyclic) bond motifs is 2. The molecule has 0 saturated carbocycles. The summed E-state index contributed by atoms with van der Waals surface area (Å²) in [5.74, 6) is -0.250. The second kappa shape index (κ2) is 16.3. The number of nitrogens with zero attached hydrogens (tertiary/aromatic N) is 3. The van der Waals surface area contributed by atoms with Crippen LogP contribution in [0.25, 0.3) is 32.8 Å². The summed E-state index contributed by atoms with van der Waals surface area (Å²) < 4.78 is 81.8. The summed E-state index contributed by atoms with van der Waals surface area (Å²) in [6, 6.07) is 6.82. The van der Waals surface area contributed by atoms with E-state index >= 15 is 17.6 Å². The maximum atomic E-state index is 17.1. The molecule has 13 heteroatoms. The first-order chi connectivity index (χ1) is 26.1. The first-order valence-corrected chi connectivity index (χ1v) is 21.3. The Morgan fingerprint density at radius 2 is 1.68 bits per heavy atom. The second-order valence-electron chi connectivity index (χ2n) is 17.1. The fraction of sp³-hybridized carbons (Fsp3) is 0.512. The van der Waals surface area contributed by atoms with Crippen molar-refractivity contribution < 1.29 is 41.7 Å². The highest BCUT2D eigenvalue weighted by molar-refractivity contribution is 6.90. The molecule has 0 radical (unpaired) electrons. The van der Waals surface area contributed by atoms with Gasteiger partial charge in [-0.3, -0.25) is 0 Å². The van der Waals surface area contributed by atoms with E-state index in [1.165, 1.54) is 37.1 Å². The predicted octanol–water partition coefficient (Wildman–Crippen LogP) is 10.4. The molecule has 1 fully saturated rings. The Labute approximate surface area is 328 Å². The number of halogens is 4. The molecule has 8 nitrogen and oxygen atoms in total. The highest BCUT2D eigenvalue weighted by atomic mass is 28.3. The van der Waals surface area contributed by atoms with Crippen molar-refractivity contribution in [3.63, 3.8) is 0 Å². The van der Waals surface area contributed by atoms with Crippen molar-refractivity contribution in [2.75, 3.05) is 27.0 Å². The lowest BCUT2D eigenvalue weighted by molar-refractivity contribution is -0.00657. The molecule has 1 saturated heterocycles. The first kappa shape index (κ1) is 42.9. The van der Waals surface area contributed by atoms with Crippen molar-refractivity contribution in [3.05, 3.63) is 65.1 Å². The van der Waals surface area contributed by atoms with Crippen LogP contribution in [0.1, 0.15) is 99.3 Å². The molecule has 1 aliphatic heterocycles. The van der Waals surface area contributed by atoms with Gasteiger partial charge in [0.25, 0.3) is 0 Å². The lowest BCUT2D eigenvalue weighted by Crippen LogP contribution is -2.44. The third-order valence-electron chi connectivity index (χ3n) is 10.8. The zero-order chi connectivity index (χ0) is 41.5. The minimum absolute atomic E-state index is 0.00159. The second-order valence-corrected chi connectivity index (χ2v) is 22.7. The van der Waals surface area contributed by atoms with E-state index in [9.17, 15) is 9.90 Å². The van der Waals surface area contributed by atoms with Gasteiger partial charge in [-0.2, -0.15) is 9.37 Å². The molecule has 56 heavy (non-hydrogen) atoms. The molecule has 0 spiro atoms. The Bertz CT molecular complexity index is 2170. The number of methoxy groups -OCH3 is 1. The maximum absolute atomic E-state index is 17.1. The van der Waals surface area contributed by atoms with Gasteiger partial charge >= 0.3 is 12.2 Å². The summed E-state index contributed by atoms with van der Waals surface area (Å²) in [4.78, 5) is 22.2. The molecule has 302 valence electrons. The minimum Gasteiger partial charge on any atom is -0.468 e. The Kier molecular flexibility index (Phi) is 12.5. The number of benzene rings is 3. The number of aromatic nitrogens is 2. The predicted molar refractivity (Wildman–Crippen MR) is 213 cm³/mol. The number of β-amino-alcohol motifs (C(OH)–C–C–N with tert-alkyl or cyclic N) is 1. The molecule has 2 atom stereocenters. The van der Waals surface area contributed by atoms with E-state index in [0.717, 1.165) is 6.07 Å². The standard InChI is InChI=1S/C43H53F4N3O5Si/c1-24(2)56(25(3)4,26(5)6)17-15-30-33(44)13-12-27-18-29(54-23-53-11)19-31(35(27)30)36-34(45)20-32-38(48-40(47)49-39(32)37(36)46)28-14-16-50(22-43(10,52)21-28)41(51)55-42(7,8)9/h12-13,18-20,24-26,28,52H,14,16,21-23H2,1-11H3. The van der Waals surface area contributed by atoms with Gasteiger partial charge < -0.3 is 24.2 Å². The van der Waals surface area contributed by atoms with Crippen LogP contribution in [0.3, 0.4) is 0 Å². The normalized spacial score (nSPS) is 18.1. The van der Waals surface area contributed by atoms with Gasteiger partial charge in [0.1, 0.15) is 36.6 Å². The van der Waals surface area contributed by atoms with Crippen LogP contribution in [0, 0.1) is 35.0 Å². The largest absolute Gasteiger partial charge is 0.468 e. The summed E-state index contributed by atoms with van der Waals surface area (Å²) >= 11 is 0. The third kappa shape index (κ3) is 8.67. The molecular formula is C43H53F4N3O5Si. The maximum Gasteiger partial charge on any atom is 0.410 e. The van der Waals surface area contributed by atoms with Crippen molar-refractivity contribution in [2.45, 2.75) is 116 Å². The Morgan fingerprint density at radius 1 is 1.02 bits per heavy atom. The van der Waals surface area contributed by atoms with Gasteiger partial charge in [-0.15, -0.1) is 5.54 Å². The molecular weight excluding hydrogens is 743 g/mol. The zero-order valence-corrected chi connectivity index (χ0v) is 35.2. The number of carbonyl (C=O) groups excluding carboxylic acids is 1. The molecule has 0 aliphatic carbocycles. The summed E-state index contributed by atoms with van der Waals surface area (Å²) in [5.41, 5.74) is 0.814. The Hall–Kier alpha value is -4.25. The number of ether oxygens (including phenoxy) is 3. The summed E-state index contributed by atoms with van der Waals surface area (Å²) in [6.07, 6.45) is -1.70. The molecule has 2 heterocycles. The third-order valence-corrected chi connectivity index (χ3v) is 17.1. The van der Waals surface area contributed by atoms with E-state index in [0.29, 0.717) is 5.39 Å². The van der Waals surface area contributed by atoms with Gasteiger partial charge in [-0.1, -0.05) is 53.5 Å². The van der Waals surface area contributed by atoms with Crippen LogP contribution in [0.2, 0.25) is 16.6 Å². The SMILES string of the molecule is COCOc1cc(-c2c(F)cc3c(C4CCN(C(=O)OC(C)(C)C)CC(C)(O)C4)nc(F)nc3c2F)c2c(C#C[Si](C(C)C)(C(C)C)C(C)C)c(F)ccc2c1. The number of likely N-dealkylation sites (tertiary alicyclic amines) is 1. The summed E-state index contributed by atoms with van der Waals surface area (Å²) in [6.45, 7) is 19.4. The quantitative estimate of drug-likeness (QED) is 0.0624. The Balaban J connectivity index is 1.75. The molecule has 2 unspecified atom stereocenters. The average molecular weight is 796 g/mol. The van der Waals surface area contributed by atoms with Gasteiger partial charge in [-0.05, 0) is 86.8 Å². The van der Waals surface area contributed by atoms with Crippen molar-refractivity contribution >= 4 is 35.8 Å². The van der Waals surface area contributed by atoms with E-state index in [2.05, 4.69) is 63.0 Å². The minimum atomic E-state index is -2.39. The first-order valence-electron chi connectivity index (χ1n) is 19.1. The van der Waals surface area contributed by atoms with Crippen LogP contribution in [0.15, 0.2) is 30.3 Å². The number of amides is 1. The molecule has 1 N–H and O–H groups in total. The van der Waals surface area contributed by atoms with Crippen LogP contribution in [0.5, 0.6) is 5.75 Å². The van der Waals surface area contributed by atoms with E-state index in [4.69, 9.17) is 14.2 Å². The van der Waals surface area contributed by atoms with Gasteiger partial charge in [0, 0.05) is 35.9 Å². The molecule has 5 rings (SSSR count). The summed E-state index contributed by atoms with van der Waals surface area (Å²) in [7, 11) is -0.964. The highest BCUT2D eigenvalue weighted by Gasteiger charge is 2.42. The van der Waals surface area contributed by atoms with E-state index in [1.807, 2.05) is 0 Å². The molecule has 4 aromatic rings. The lowest BCUT2D eigenvalue weighted by atomic mass is 9.86. The van der Waals surface area contributed by atoms with Gasteiger partial charge in [0.05, 0.1) is 29.0 Å². The van der Waals surface area contributed by atoms with Crippen LogP contribution in [0.4, 0.5) is 22.4 Å². The molecule has 0 bridgehead atoms. The Morgan fingerprint density at radius 3 is 2.29 bits per heavy atom. The molecule has 3 aromatic carbocycles. The summed E-state index contributed by atoms with van der Waals surface area (Å²) in [5, 5.41) is 11.9. The van der Waals surface area contributed by atoms with Crippen molar-refractivity contribution in [1.82, 2.24) is 14.9 Å². The van der Waals surface area contributed by atoms with Crippen molar-refractivity contribution in [2.24, 2.45) is 0 Å². The lowest BCUT2D eigenvalue weighted by Gasteiger charge is -2.38. The van der Waals surface area contributed by atoms with Crippen LogP contribution >= 0.6 is 0 Å². The van der Waals surface area contributed by atoms with Crippen LogP contribution < -0.4 is 4.74 Å². The zero-order valence-electron chi connectivity index (χ0n) is 34.2. The van der Waals surface area contributed by atoms with Gasteiger partial charge in [-0.25, -0.2) is 22.9 Å². The monoisotopic (exact) mass is 795 g/mol. The van der Waals surface area contributed by atoms with Crippen molar-refractivity contribution in [3.8, 4) is 28.3 Å². The van der Waals surface area contributed by atoms with E-state index < -0.39 is 65.9 Å². The van der Waals surface area contributed by atoms with E-state index in [-0.39, 0.29) is 82.7 Å². The average Bonchev–Trinajstić information content (AvgIpc) is 3.25. The van der Waals surface area contributed by atoms with Gasteiger partial charge in [0.2, 0.25) is 0 Å². The highest BCUT2D eigenvalue weighted by Crippen LogP contribution is 2.44. The molecule has 1 amide bonds. The smallest absolute Gasteiger partial charge is 0.410 e. The number of aliphatic hydroxyl groups is 1. The number of hydrogen-bond acceptors (Lipinski definition) is 7. The number of hydrogen-bond donors (Lipinski definition) is 1. The fourth-order valence-electron chi connectivity index (χ4n) is 8.51. The van der Waals surface area contributed by atoms with E-state index in [1.54, 1.807) is 26.8 Å². The fourth-order valence-corrected chi connectivity index (χ4v) is 13.7. The number of rotatable bonds is 8. The topological polar surface area (TPSA) is 94.0 Å². The van der Waals surface area contributed by atoms with Gasteiger partial charge in [0.15, 0.2) is 12.6 Å². The molecule has 1 aliphatic rings.